The highest BCUT2D eigenvalue weighted by molar-refractivity contribution is 7.86. The molecule has 0 aromatic heterocycles. The Balaban J connectivity index is 2.79. The second-order valence-electron chi connectivity index (χ2n) is 3.91. The van der Waals surface area contributed by atoms with Gasteiger partial charge in [0.25, 0.3) is 0 Å². The van der Waals surface area contributed by atoms with Crippen LogP contribution in [0.2, 0.25) is 0 Å². The highest BCUT2D eigenvalue weighted by atomic mass is 32.2. The summed E-state index contributed by atoms with van der Waals surface area (Å²) in [4.78, 5) is 11.9. The Bertz CT molecular complexity index is 465. The van der Waals surface area contributed by atoms with E-state index in [0.717, 1.165) is 12.5 Å². The highest BCUT2D eigenvalue weighted by Gasteiger charge is 2.21. The van der Waals surface area contributed by atoms with Crippen LogP contribution in [0.1, 0.15) is 20.3 Å². The van der Waals surface area contributed by atoms with Crippen LogP contribution in [0.5, 0.6) is 0 Å². The third kappa shape index (κ3) is 3.53. The van der Waals surface area contributed by atoms with Crippen molar-refractivity contribution >= 4 is 22.4 Å². The number of benzene rings is 1. The van der Waals surface area contributed by atoms with Crippen LogP contribution in [0.25, 0.3) is 0 Å². The molecule has 0 fully saturated rings. The molecule has 0 aliphatic rings. The summed E-state index contributed by atoms with van der Waals surface area (Å²) in [7, 11) is -1.59. The summed E-state index contributed by atoms with van der Waals surface area (Å²) in [5.41, 5.74) is 5.34. The van der Waals surface area contributed by atoms with E-state index >= 15 is 0 Å². The van der Waals surface area contributed by atoms with Gasteiger partial charge in [0, 0.05) is 11.4 Å². The number of hydrogen-bond acceptors (Lipinski definition) is 3. The van der Waals surface area contributed by atoms with Crippen LogP contribution in [0, 0.1) is 5.82 Å². The highest BCUT2D eigenvalue weighted by Crippen LogP contribution is 2.17. The minimum absolute atomic E-state index is 0.00108. The normalized spacial score (nSPS) is 13.9. The molecule has 4 nitrogen and oxygen atoms in total. The number of amides is 1. The third-order valence-electron chi connectivity index (χ3n) is 2.44. The van der Waals surface area contributed by atoms with Crippen molar-refractivity contribution < 1.29 is 13.4 Å². The van der Waals surface area contributed by atoms with Crippen LogP contribution in [0.15, 0.2) is 23.1 Å². The van der Waals surface area contributed by atoms with Crippen LogP contribution in [-0.2, 0) is 15.6 Å². The zero-order valence-electron chi connectivity index (χ0n) is 10.4. The third-order valence-corrected chi connectivity index (χ3v) is 4.02. The van der Waals surface area contributed by atoms with Gasteiger partial charge in [-0.05, 0) is 31.5 Å². The average molecular weight is 272 g/mol. The van der Waals surface area contributed by atoms with Gasteiger partial charge in [-0.25, -0.2) is 4.39 Å². The Kier molecular flexibility index (Phi) is 5.27. The van der Waals surface area contributed by atoms with Gasteiger partial charge in [0.15, 0.2) is 0 Å². The first-order chi connectivity index (χ1) is 8.47. The summed E-state index contributed by atoms with van der Waals surface area (Å²) >= 11 is 0. The fourth-order valence-electron chi connectivity index (χ4n) is 1.33. The van der Waals surface area contributed by atoms with Crippen molar-refractivity contribution in [2.24, 2.45) is 0 Å². The number of nitrogen functional groups attached to an aromatic ring is 1. The smallest absolute Gasteiger partial charge is 0.235 e. The molecule has 2 unspecified atom stereocenters. The molecule has 18 heavy (non-hydrogen) atoms. The number of carbonyl (C=O) groups is 1. The van der Waals surface area contributed by atoms with Crippen molar-refractivity contribution in [2.45, 2.75) is 30.4 Å². The van der Waals surface area contributed by atoms with Crippen LogP contribution >= 0.6 is 0 Å². The quantitative estimate of drug-likeness (QED) is 0.796. The van der Waals surface area contributed by atoms with E-state index in [1.54, 1.807) is 6.92 Å². The minimum Gasteiger partial charge on any atom is -0.396 e. The maximum atomic E-state index is 13.2. The van der Waals surface area contributed by atoms with Crippen molar-refractivity contribution in [1.29, 1.82) is 0 Å². The van der Waals surface area contributed by atoms with Crippen molar-refractivity contribution in [3.05, 3.63) is 24.0 Å². The van der Waals surface area contributed by atoms with E-state index in [1.807, 2.05) is 6.92 Å². The average Bonchev–Trinajstić information content (AvgIpc) is 2.37. The fraction of sp³-hybridized carbons (Fsp3) is 0.417. The fourth-order valence-corrected chi connectivity index (χ4v) is 2.43. The number of hydrogen-bond donors (Lipinski definition) is 2. The van der Waals surface area contributed by atoms with E-state index in [1.165, 1.54) is 12.1 Å². The number of halogens is 1. The topological polar surface area (TPSA) is 72.2 Å². The number of anilines is 1. The molecule has 100 valence electrons. The van der Waals surface area contributed by atoms with Gasteiger partial charge in [-0.15, -0.1) is 0 Å². The molecule has 0 saturated carbocycles. The summed E-state index contributed by atoms with van der Waals surface area (Å²) in [5.74, 6) is -0.922. The second kappa shape index (κ2) is 6.49. The van der Waals surface area contributed by atoms with Crippen LogP contribution < -0.4 is 11.1 Å². The maximum Gasteiger partial charge on any atom is 0.235 e. The summed E-state index contributed by atoms with van der Waals surface area (Å²) in [5, 5.41) is 1.94. The molecule has 6 heteroatoms. The Morgan fingerprint density at radius 3 is 2.78 bits per heavy atom. The van der Waals surface area contributed by atoms with Gasteiger partial charge in [-0.1, -0.05) is 6.92 Å². The Morgan fingerprint density at radius 1 is 1.56 bits per heavy atom. The van der Waals surface area contributed by atoms with Crippen molar-refractivity contribution in [3.8, 4) is 0 Å². The summed E-state index contributed by atoms with van der Waals surface area (Å²) < 4.78 is 25.3. The first-order valence-corrected chi connectivity index (χ1v) is 6.92. The number of rotatable bonds is 5. The molecule has 1 aromatic rings. The zero-order chi connectivity index (χ0) is 13.7. The van der Waals surface area contributed by atoms with E-state index in [-0.39, 0.29) is 16.5 Å². The van der Waals surface area contributed by atoms with Gasteiger partial charge in [-0.2, -0.15) is 0 Å². The van der Waals surface area contributed by atoms with Crippen LogP contribution in [0.4, 0.5) is 10.1 Å². The Hall–Kier alpha value is -1.43. The summed E-state index contributed by atoms with van der Waals surface area (Å²) in [6.07, 6.45) is 0.807. The Morgan fingerprint density at radius 2 is 2.22 bits per heavy atom. The number of nitrogens with two attached hydrogens (primary N) is 1. The Labute approximate surface area is 108 Å². The molecule has 0 spiro atoms. The predicted octanol–water partition coefficient (Wildman–Crippen LogP) is 1.43. The molecule has 1 amide bonds. The van der Waals surface area contributed by atoms with Gasteiger partial charge in [-0.3, -0.25) is 9.00 Å². The predicted molar refractivity (Wildman–Crippen MR) is 70.0 cm³/mol. The van der Waals surface area contributed by atoms with Crippen LogP contribution in [0.3, 0.4) is 0 Å². The van der Waals surface area contributed by atoms with Gasteiger partial charge >= 0.3 is 0 Å². The van der Waals surface area contributed by atoms with E-state index < -0.39 is 21.9 Å². The molecule has 1 rings (SSSR count). The van der Waals surface area contributed by atoms with Crippen molar-refractivity contribution in [1.82, 2.24) is 5.32 Å². The second-order valence-corrected chi connectivity index (χ2v) is 5.69. The van der Waals surface area contributed by atoms with E-state index in [0.29, 0.717) is 6.54 Å². The summed E-state index contributed by atoms with van der Waals surface area (Å²) in [6.45, 7) is 4.02. The van der Waals surface area contributed by atoms with Gasteiger partial charge in [0.05, 0.1) is 16.5 Å². The standard InChI is InChI=1S/C12H17FN2O2S/c1-3-6-15-12(16)8(2)18(17)9-4-5-11(14)10(13)7-9/h4-5,7-8H,3,6,14H2,1-2H3,(H,15,16). The lowest BCUT2D eigenvalue weighted by molar-refractivity contribution is -0.120. The molecular formula is C12H17FN2O2S. The van der Waals surface area contributed by atoms with E-state index in [2.05, 4.69) is 5.32 Å². The van der Waals surface area contributed by atoms with E-state index in [9.17, 15) is 13.4 Å². The lowest BCUT2D eigenvalue weighted by atomic mass is 10.3. The molecule has 1 aromatic carbocycles. The number of nitrogens with one attached hydrogen (secondary N) is 1. The number of carbonyl (C=O) groups excluding carboxylic acids is 1. The largest absolute Gasteiger partial charge is 0.396 e. The SMILES string of the molecule is CCCNC(=O)C(C)S(=O)c1ccc(N)c(F)c1. The maximum absolute atomic E-state index is 13.2. The first-order valence-electron chi connectivity index (χ1n) is 5.70. The molecule has 0 heterocycles. The van der Waals surface area contributed by atoms with Crippen molar-refractivity contribution in [3.63, 3.8) is 0 Å². The lowest BCUT2D eigenvalue weighted by Crippen LogP contribution is -2.35. The molecule has 2 atom stereocenters. The molecular weight excluding hydrogens is 255 g/mol. The molecule has 0 radical (unpaired) electrons. The van der Waals surface area contributed by atoms with Gasteiger partial charge < -0.3 is 11.1 Å². The zero-order valence-corrected chi connectivity index (χ0v) is 11.2. The molecule has 0 aliphatic carbocycles. The molecule has 0 aliphatic heterocycles. The van der Waals surface area contributed by atoms with Gasteiger partial charge in [0.1, 0.15) is 11.1 Å². The first kappa shape index (κ1) is 14.6. The summed E-state index contributed by atoms with van der Waals surface area (Å²) in [6, 6.07) is 3.92. The monoisotopic (exact) mass is 272 g/mol. The van der Waals surface area contributed by atoms with E-state index in [4.69, 9.17) is 5.73 Å². The lowest BCUT2D eigenvalue weighted by Gasteiger charge is -2.12. The van der Waals surface area contributed by atoms with Crippen LogP contribution in [-0.4, -0.2) is 21.9 Å². The van der Waals surface area contributed by atoms with Crippen molar-refractivity contribution in [2.75, 3.05) is 12.3 Å². The molecule has 3 N–H and O–H groups in total. The molecule has 0 saturated heterocycles. The minimum atomic E-state index is -1.59. The molecule has 0 bridgehead atoms. The van der Waals surface area contributed by atoms with Gasteiger partial charge in [0.2, 0.25) is 5.91 Å².